The minimum absolute atomic E-state index is 0. The molecular weight excluding hydrogens is 428 g/mol. The maximum atomic E-state index is 8.20. The summed E-state index contributed by atoms with van der Waals surface area (Å²) in [5.74, 6) is 0.657. The summed E-state index contributed by atoms with van der Waals surface area (Å²) < 4.78 is 0. The van der Waals surface area contributed by atoms with Crippen molar-refractivity contribution in [2.75, 3.05) is 0 Å². The van der Waals surface area contributed by atoms with Gasteiger partial charge in [-0.2, -0.15) is 0 Å². The van der Waals surface area contributed by atoms with Crippen molar-refractivity contribution in [1.29, 1.82) is 0 Å². The SMILES string of the molecule is C.C=C(C)C(C)(C)OO.C=C(C)C(C)C.CC(C)=C(C)C.CC(C)=C(C)C.O=O.OO.[O-]O. The molecule has 0 aliphatic rings. The van der Waals surface area contributed by atoms with Crippen molar-refractivity contribution in [2.45, 2.75) is 110 Å². The summed E-state index contributed by atoms with van der Waals surface area (Å²) in [4.78, 5) is 18.1. The topological polar surface area (TPSA) is 147 Å². The van der Waals surface area contributed by atoms with E-state index in [0.29, 0.717) is 5.92 Å². The molecular formula is C25H55O8-. The lowest BCUT2D eigenvalue weighted by Crippen LogP contribution is -2.23. The van der Waals surface area contributed by atoms with Gasteiger partial charge in [0.1, 0.15) is 5.60 Å². The first kappa shape index (κ1) is 52.9. The average molecular weight is 484 g/mol. The van der Waals surface area contributed by atoms with Crippen LogP contribution in [0.15, 0.2) is 46.6 Å². The molecule has 0 fully saturated rings. The molecule has 0 aromatic heterocycles. The van der Waals surface area contributed by atoms with Gasteiger partial charge in [-0.05, 0) is 94.6 Å². The van der Waals surface area contributed by atoms with Gasteiger partial charge in [-0.1, -0.05) is 62.3 Å². The minimum Gasteiger partial charge on any atom is -0.727 e. The van der Waals surface area contributed by atoms with Crippen LogP contribution in [-0.4, -0.2) is 26.6 Å². The summed E-state index contributed by atoms with van der Waals surface area (Å²) in [5, 5.41) is 33.2. The first-order valence-corrected chi connectivity index (χ1v) is 9.84. The largest absolute Gasteiger partial charge is 0.727 e. The van der Waals surface area contributed by atoms with Crippen LogP contribution >= 0.6 is 0 Å². The van der Waals surface area contributed by atoms with Gasteiger partial charge in [0, 0.05) is 9.93 Å². The van der Waals surface area contributed by atoms with Gasteiger partial charge in [0.25, 0.3) is 0 Å². The lowest BCUT2D eigenvalue weighted by atomic mass is 10.0. The zero-order valence-electron chi connectivity index (χ0n) is 22.9. The quantitative estimate of drug-likeness (QED) is 0.178. The van der Waals surface area contributed by atoms with Crippen LogP contribution in [0.4, 0.5) is 0 Å². The predicted molar refractivity (Wildman–Crippen MR) is 143 cm³/mol. The summed E-state index contributed by atoms with van der Waals surface area (Å²) in [6.45, 7) is 36.0. The Balaban J connectivity index is -0.0000000388. The van der Waals surface area contributed by atoms with Crippen LogP contribution in [0.5, 0.6) is 0 Å². The zero-order valence-corrected chi connectivity index (χ0v) is 22.9. The van der Waals surface area contributed by atoms with Crippen molar-refractivity contribution < 1.29 is 31.2 Å². The number of hydrogen-bond acceptors (Lipinski definition) is 8. The molecule has 0 radical (unpaired) electrons. The molecule has 8 nitrogen and oxygen atoms in total. The number of rotatable bonds is 3. The molecule has 0 spiro atoms. The van der Waals surface area contributed by atoms with Gasteiger partial charge >= 0.3 is 0 Å². The summed E-state index contributed by atoms with van der Waals surface area (Å²) in [5.41, 5.74) is 7.17. The maximum absolute atomic E-state index is 8.20. The smallest absolute Gasteiger partial charge is 0.118 e. The second kappa shape index (κ2) is 37.6. The summed E-state index contributed by atoms with van der Waals surface area (Å²) in [7, 11) is 0. The fourth-order valence-electron chi connectivity index (χ4n) is 0.0779. The van der Waals surface area contributed by atoms with Gasteiger partial charge in [0.05, 0.1) is 0 Å². The highest BCUT2D eigenvalue weighted by atomic mass is 17.1. The Kier molecular flexibility index (Phi) is 60.4. The van der Waals surface area contributed by atoms with E-state index in [1.54, 1.807) is 20.8 Å². The third kappa shape index (κ3) is 65.1. The van der Waals surface area contributed by atoms with E-state index in [1.165, 1.54) is 27.9 Å². The fraction of sp³-hybridized carbons (Fsp3) is 0.680. The van der Waals surface area contributed by atoms with Crippen molar-refractivity contribution in [3.05, 3.63) is 56.5 Å². The molecule has 0 atom stereocenters. The van der Waals surface area contributed by atoms with E-state index in [1.807, 2.05) is 6.92 Å². The molecule has 0 heterocycles. The Morgan fingerprint density at radius 1 is 0.727 bits per heavy atom. The van der Waals surface area contributed by atoms with E-state index < -0.39 is 5.60 Å². The number of hydrogen-bond donors (Lipinski definition) is 4. The molecule has 0 aliphatic heterocycles. The lowest BCUT2D eigenvalue weighted by Gasteiger charge is -2.19. The molecule has 0 saturated heterocycles. The molecule has 0 rings (SSSR count). The molecule has 204 valence electrons. The second-order valence-corrected chi connectivity index (χ2v) is 8.38. The second-order valence-electron chi connectivity index (χ2n) is 8.38. The van der Waals surface area contributed by atoms with E-state index in [0.717, 1.165) is 5.57 Å². The zero-order chi connectivity index (χ0) is 28.2. The molecule has 0 aromatic carbocycles. The van der Waals surface area contributed by atoms with Crippen molar-refractivity contribution in [3.63, 3.8) is 0 Å². The average Bonchev–Trinajstić information content (AvgIpc) is 2.73. The maximum Gasteiger partial charge on any atom is 0.118 e. The van der Waals surface area contributed by atoms with Gasteiger partial charge < -0.3 is 10.5 Å². The first-order chi connectivity index (χ1) is 14.4. The van der Waals surface area contributed by atoms with Gasteiger partial charge in [-0.25, -0.2) is 4.89 Å². The molecule has 33 heavy (non-hydrogen) atoms. The molecule has 0 aromatic rings. The van der Waals surface area contributed by atoms with Crippen molar-refractivity contribution in [3.8, 4) is 0 Å². The van der Waals surface area contributed by atoms with Crippen LogP contribution in [0.2, 0.25) is 0 Å². The third-order valence-electron chi connectivity index (χ3n) is 4.24. The van der Waals surface area contributed by atoms with E-state index in [2.05, 4.69) is 87.3 Å². The highest BCUT2D eigenvalue weighted by molar-refractivity contribution is 5.04. The standard InChI is InChI=1S/C6H12O2.3C6H12.CH4.2H2O2.O2/c1-5(2)6(3,4)8-7;3*1-5(2)6(3)4;;3*1-2/h7H,1H2,2-4H3;2*1-4H3;6H,1H2,2-4H3;1H4;2*1-2H;/p-1. The van der Waals surface area contributed by atoms with E-state index >= 15 is 0 Å². The molecule has 8 heteroatoms. The molecule has 0 bridgehead atoms. The third-order valence-corrected chi connectivity index (χ3v) is 4.24. The van der Waals surface area contributed by atoms with Gasteiger partial charge in [-0.15, -0.1) is 0 Å². The Labute approximate surface area is 204 Å². The Bertz CT molecular complexity index is 433. The van der Waals surface area contributed by atoms with Crippen molar-refractivity contribution in [2.24, 2.45) is 5.92 Å². The lowest BCUT2D eigenvalue weighted by molar-refractivity contribution is -0.670. The molecule has 0 saturated carbocycles. The fourth-order valence-corrected chi connectivity index (χ4v) is 0.0779. The first-order valence-electron chi connectivity index (χ1n) is 9.84. The van der Waals surface area contributed by atoms with Gasteiger partial charge in [0.15, 0.2) is 0 Å². The predicted octanol–water partition coefficient (Wildman–Crippen LogP) is 8.31. The van der Waals surface area contributed by atoms with Crippen LogP contribution in [0.3, 0.4) is 0 Å². The Morgan fingerprint density at radius 3 is 0.879 bits per heavy atom. The van der Waals surface area contributed by atoms with E-state index in [9.17, 15) is 0 Å². The summed E-state index contributed by atoms with van der Waals surface area (Å²) >= 11 is 0. The van der Waals surface area contributed by atoms with Crippen LogP contribution in [0.1, 0.15) is 104 Å². The number of allylic oxidation sites excluding steroid dienone is 5. The van der Waals surface area contributed by atoms with E-state index in [-0.39, 0.29) is 7.43 Å². The normalized spacial score (nSPS) is 7.88. The van der Waals surface area contributed by atoms with Crippen LogP contribution < -0.4 is 5.26 Å². The monoisotopic (exact) mass is 483 g/mol. The van der Waals surface area contributed by atoms with Crippen LogP contribution in [0, 0.1) is 15.8 Å². The van der Waals surface area contributed by atoms with Gasteiger partial charge in [0.2, 0.25) is 0 Å². The van der Waals surface area contributed by atoms with Crippen LogP contribution in [-0.2, 0) is 4.89 Å². The molecule has 4 N–H and O–H groups in total. The highest BCUT2D eigenvalue weighted by Crippen LogP contribution is 2.15. The molecule has 0 unspecified atom stereocenters. The van der Waals surface area contributed by atoms with Crippen molar-refractivity contribution in [1.82, 2.24) is 0 Å². The van der Waals surface area contributed by atoms with E-state index in [4.69, 9.17) is 36.2 Å². The van der Waals surface area contributed by atoms with Crippen LogP contribution in [0.25, 0.3) is 0 Å². The Hall–Kier alpha value is -1.68. The van der Waals surface area contributed by atoms with Crippen molar-refractivity contribution >= 4 is 0 Å². The van der Waals surface area contributed by atoms with Gasteiger partial charge in [-0.3, -0.25) is 15.8 Å². The minimum atomic E-state index is -0.597. The molecule has 0 amide bonds. The molecule has 0 aliphatic carbocycles. The highest BCUT2D eigenvalue weighted by Gasteiger charge is 2.18. The summed E-state index contributed by atoms with van der Waals surface area (Å²) in [6.07, 6.45) is 0. The Morgan fingerprint density at radius 2 is 0.879 bits per heavy atom. The summed E-state index contributed by atoms with van der Waals surface area (Å²) in [6, 6.07) is 0.